The largest absolute Gasteiger partial charge is 0.493 e. The van der Waals surface area contributed by atoms with Gasteiger partial charge in [0.1, 0.15) is 0 Å². The fourth-order valence-electron chi connectivity index (χ4n) is 4.56. The molecule has 1 aliphatic carbocycles. The number of methoxy groups -OCH3 is 3. The Morgan fingerprint density at radius 1 is 0.935 bits per heavy atom. The van der Waals surface area contributed by atoms with Crippen molar-refractivity contribution in [3.63, 3.8) is 0 Å². The second kappa shape index (κ2) is 8.75. The Balaban J connectivity index is 1.74. The van der Waals surface area contributed by atoms with Crippen LogP contribution in [0, 0.1) is 0 Å². The number of carbonyl (C=O) groups is 2. The molecule has 2 unspecified atom stereocenters. The Hall–Kier alpha value is -2.80. The zero-order chi connectivity index (χ0) is 22.1. The number of hydrogen-bond donors (Lipinski definition) is 1. The number of benzene rings is 2. The average molecular weight is 486 g/mol. The van der Waals surface area contributed by atoms with E-state index in [2.05, 4.69) is 21.2 Å². The summed E-state index contributed by atoms with van der Waals surface area (Å²) in [5.74, 6) is 1.24. The molecule has 2 aromatic rings. The van der Waals surface area contributed by atoms with Gasteiger partial charge in [-0.2, -0.15) is 0 Å². The first kappa shape index (κ1) is 21.4. The molecule has 0 saturated heterocycles. The SMILES string of the molecule is COc1cc(C2CC(=O)C3=C(C2)NC(=O)CC3c2ccccc2Br)cc(OC)c1OC. The summed E-state index contributed by atoms with van der Waals surface area (Å²) in [6, 6.07) is 11.5. The lowest BCUT2D eigenvalue weighted by molar-refractivity contribution is -0.122. The van der Waals surface area contributed by atoms with Gasteiger partial charge in [-0.25, -0.2) is 0 Å². The Kier molecular flexibility index (Phi) is 6.05. The Morgan fingerprint density at radius 2 is 1.61 bits per heavy atom. The van der Waals surface area contributed by atoms with Gasteiger partial charge >= 0.3 is 0 Å². The number of ketones is 1. The van der Waals surface area contributed by atoms with E-state index >= 15 is 0 Å². The Morgan fingerprint density at radius 3 is 2.23 bits per heavy atom. The summed E-state index contributed by atoms with van der Waals surface area (Å²) in [5, 5.41) is 2.96. The van der Waals surface area contributed by atoms with Crippen molar-refractivity contribution in [1.82, 2.24) is 5.32 Å². The van der Waals surface area contributed by atoms with E-state index in [4.69, 9.17) is 14.2 Å². The van der Waals surface area contributed by atoms with Crippen LogP contribution in [0.4, 0.5) is 0 Å². The number of carbonyl (C=O) groups excluding carboxylic acids is 2. The molecule has 7 heteroatoms. The quantitative estimate of drug-likeness (QED) is 0.675. The first-order chi connectivity index (χ1) is 15.0. The fraction of sp³-hybridized carbons (Fsp3) is 0.333. The van der Waals surface area contributed by atoms with Crippen LogP contribution in [0.5, 0.6) is 17.2 Å². The third kappa shape index (κ3) is 3.94. The highest BCUT2D eigenvalue weighted by Gasteiger charge is 2.39. The van der Waals surface area contributed by atoms with Crippen molar-refractivity contribution < 1.29 is 23.8 Å². The molecule has 0 aromatic heterocycles. The number of allylic oxidation sites excluding steroid dienone is 2. The molecule has 0 bridgehead atoms. The minimum atomic E-state index is -0.243. The predicted molar refractivity (Wildman–Crippen MR) is 120 cm³/mol. The van der Waals surface area contributed by atoms with E-state index in [0.29, 0.717) is 35.8 Å². The predicted octanol–water partition coefficient (Wildman–Crippen LogP) is 4.48. The number of halogens is 1. The van der Waals surface area contributed by atoms with Gasteiger partial charge in [0.05, 0.1) is 21.3 Å². The first-order valence-electron chi connectivity index (χ1n) is 10.1. The molecule has 0 saturated carbocycles. The number of nitrogens with one attached hydrogen (secondary N) is 1. The lowest BCUT2D eigenvalue weighted by Gasteiger charge is -2.35. The van der Waals surface area contributed by atoms with Crippen LogP contribution in [0.1, 0.15) is 42.2 Å². The molecule has 0 spiro atoms. The summed E-state index contributed by atoms with van der Waals surface area (Å²) in [4.78, 5) is 25.9. The molecule has 2 aromatic carbocycles. The molecule has 31 heavy (non-hydrogen) atoms. The topological polar surface area (TPSA) is 73.9 Å². The summed E-state index contributed by atoms with van der Waals surface area (Å²) in [7, 11) is 4.69. The maximum atomic E-state index is 13.3. The van der Waals surface area contributed by atoms with Gasteiger partial charge in [0.2, 0.25) is 11.7 Å². The minimum Gasteiger partial charge on any atom is -0.493 e. The summed E-state index contributed by atoms with van der Waals surface area (Å²) in [6.45, 7) is 0. The third-order valence-electron chi connectivity index (χ3n) is 5.98. The second-order valence-electron chi connectivity index (χ2n) is 7.71. The second-order valence-corrected chi connectivity index (χ2v) is 8.56. The highest BCUT2D eigenvalue weighted by Crippen LogP contribution is 2.46. The van der Waals surface area contributed by atoms with Gasteiger partial charge in [0, 0.05) is 34.5 Å². The molecular weight excluding hydrogens is 462 g/mol. The van der Waals surface area contributed by atoms with Gasteiger partial charge in [0.15, 0.2) is 17.3 Å². The van der Waals surface area contributed by atoms with Crippen LogP contribution >= 0.6 is 15.9 Å². The number of ether oxygens (including phenoxy) is 3. The fourth-order valence-corrected chi connectivity index (χ4v) is 5.12. The number of hydrogen-bond acceptors (Lipinski definition) is 5. The van der Waals surface area contributed by atoms with Crippen LogP contribution in [0.2, 0.25) is 0 Å². The molecule has 1 heterocycles. The zero-order valence-corrected chi connectivity index (χ0v) is 19.2. The third-order valence-corrected chi connectivity index (χ3v) is 6.70. The number of Topliss-reactive ketones (excluding diaryl/α,β-unsaturated/α-hetero) is 1. The maximum Gasteiger partial charge on any atom is 0.225 e. The van der Waals surface area contributed by atoms with Gasteiger partial charge < -0.3 is 19.5 Å². The zero-order valence-electron chi connectivity index (χ0n) is 17.7. The van der Waals surface area contributed by atoms with Crippen LogP contribution in [-0.2, 0) is 9.59 Å². The van der Waals surface area contributed by atoms with Crippen LogP contribution < -0.4 is 19.5 Å². The molecule has 4 rings (SSSR count). The monoisotopic (exact) mass is 485 g/mol. The van der Waals surface area contributed by atoms with Crippen molar-refractivity contribution in [3.05, 3.63) is 63.3 Å². The van der Waals surface area contributed by atoms with Crippen LogP contribution in [0.25, 0.3) is 0 Å². The Bertz CT molecular complexity index is 1050. The lowest BCUT2D eigenvalue weighted by atomic mass is 9.73. The van der Waals surface area contributed by atoms with Crippen LogP contribution in [-0.4, -0.2) is 33.0 Å². The van der Waals surface area contributed by atoms with E-state index in [1.807, 2.05) is 36.4 Å². The first-order valence-corrected chi connectivity index (χ1v) is 10.9. The molecule has 162 valence electrons. The maximum absolute atomic E-state index is 13.3. The summed E-state index contributed by atoms with van der Waals surface area (Å²) >= 11 is 3.58. The van der Waals surface area contributed by atoms with Crippen LogP contribution in [0.3, 0.4) is 0 Å². The van der Waals surface area contributed by atoms with E-state index in [9.17, 15) is 9.59 Å². The summed E-state index contributed by atoms with van der Waals surface area (Å²) < 4.78 is 17.3. The smallest absolute Gasteiger partial charge is 0.225 e. The summed E-state index contributed by atoms with van der Waals surface area (Å²) in [6.07, 6.45) is 1.18. The molecule has 0 fully saturated rings. The summed E-state index contributed by atoms with van der Waals surface area (Å²) in [5.41, 5.74) is 3.30. The number of rotatable bonds is 5. The Labute approximate surface area is 189 Å². The van der Waals surface area contributed by atoms with Crippen molar-refractivity contribution in [1.29, 1.82) is 0 Å². The number of amides is 1. The molecule has 1 amide bonds. The van der Waals surface area contributed by atoms with Crippen molar-refractivity contribution in [2.45, 2.75) is 31.1 Å². The average Bonchev–Trinajstić information content (AvgIpc) is 2.77. The van der Waals surface area contributed by atoms with Gasteiger partial charge in [0.25, 0.3) is 0 Å². The molecular formula is C24H24BrNO5. The highest BCUT2D eigenvalue weighted by molar-refractivity contribution is 9.10. The van der Waals surface area contributed by atoms with Crippen molar-refractivity contribution in [3.8, 4) is 17.2 Å². The van der Waals surface area contributed by atoms with Gasteiger partial charge in [-0.3, -0.25) is 9.59 Å². The van der Waals surface area contributed by atoms with E-state index < -0.39 is 0 Å². The van der Waals surface area contributed by atoms with Gasteiger partial charge in [-0.1, -0.05) is 34.1 Å². The molecule has 1 N–H and O–H groups in total. The minimum absolute atomic E-state index is 0.0563. The lowest BCUT2D eigenvalue weighted by Crippen LogP contribution is -2.38. The van der Waals surface area contributed by atoms with Crippen molar-refractivity contribution in [2.75, 3.05) is 21.3 Å². The normalized spacial score (nSPS) is 20.8. The van der Waals surface area contributed by atoms with Crippen molar-refractivity contribution in [2.24, 2.45) is 0 Å². The van der Waals surface area contributed by atoms with Gasteiger partial charge in [-0.15, -0.1) is 0 Å². The van der Waals surface area contributed by atoms with Gasteiger partial charge in [-0.05, 0) is 41.7 Å². The van der Waals surface area contributed by atoms with E-state index in [1.54, 1.807) is 21.3 Å². The van der Waals surface area contributed by atoms with Crippen LogP contribution in [0.15, 0.2) is 52.1 Å². The van der Waals surface area contributed by atoms with Crippen molar-refractivity contribution >= 4 is 27.6 Å². The molecule has 6 nitrogen and oxygen atoms in total. The standard InChI is InChI=1S/C24H24BrNO5/c1-29-20-10-14(11-21(30-2)24(20)31-3)13-8-18-23(19(27)9-13)16(12-22(28)26-18)15-6-4-5-7-17(15)25/h4-7,10-11,13,16H,8-9,12H2,1-3H3,(H,26,28). The van der Waals surface area contributed by atoms with E-state index in [0.717, 1.165) is 21.2 Å². The molecule has 2 aliphatic rings. The molecule has 0 radical (unpaired) electrons. The van der Waals surface area contributed by atoms with E-state index in [1.165, 1.54) is 0 Å². The van der Waals surface area contributed by atoms with E-state index in [-0.39, 0.29) is 29.9 Å². The molecule has 2 atom stereocenters. The highest BCUT2D eigenvalue weighted by atomic mass is 79.9. The molecule has 1 aliphatic heterocycles.